The second-order valence-electron chi connectivity index (χ2n) is 10.4. The molecular formula is C29H39NO4. The molecule has 0 spiro atoms. The van der Waals surface area contributed by atoms with Crippen LogP contribution in [0.1, 0.15) is 71.8 Å². The zero-order valence-electron chi connectivity index (χ0n) is 21.0. The molecule has 0 unspecified atom stereocenters. The Labute approximate surface area is 203 Å². The highest BCUT2D eigenvalue weighted by Crippen LogP contribution is 2.51. The second-order valence-corrected chi connectivity index (χ2v) is 10.4. The molecule has 2 aliphatic heterocycles. The molecule has 5 heteroatoms. The highest BCUT2D eigenvalue weighted by atomic mass is 16.5. The number of fused-ring (bicyclic) bond motifs is 3. The second kappa shape index (κ2) is 10.5. The number of phenols is 1. The van der Waals surface area contributed by atoms with Crippen molar-refractivity contribution in [1.82, 2.24) is 4.90 Å². The molecule has 2 fully saturated rings. The summed E-state index contributed by atoms with van der Waals surface area (Å²) in [5.74, 6) is 0.246. The van der Waals surface area contributed by atoms with E-state index in [1.807, 2.05) is 19.1 Å². The molecule has 1 aliphatic carbocycles. The van der Waals surface area contributed by atoms with Crippen LogP contribution >= 0.6 is 0 Å². The predicted molar refractivity (Wildman–Crippen MR) is 134 cm³/mol. The molecule has 3 aliphatic rings. The molecule has 4 atom stereocenters. The number of allylic oxidation sites excluding steroid dienone is 2. The molecule has 1 aromatic rings. The highest BCUT2D eigenvalue weighted by Gasteiger charge is 2.56. The third-order valence-electron chi connectivity index (χ3n) is 7.74. The summed E-state index contributed by atoms with van der Waals surface area (Å²) in [7, 11) is 0. The fraction of sp³-hybridized carbons (Fsp3) is 0.586. The van der Waals surface area contributed by atoms with Gasteiger partial charge in [0.05, 0.1) is 24.5 Å². The number of likely N-dealkylation sites (tertiary alicyclic amines) is 1. The van der Waals surface area contributed by atoms with Crippen LogP contribution in [0.2, 0.25) is 0 Å². The molecule has 0 saturated carbocycles. The summed E-state index contributed by atoms with van der Waals surface area (Å²) in [6, 6.07) is 7.33. The van der Waals surface area contributed by atoms with Crippen molar-refractivity contribution < 1.29 is 19.4 Å². The lowest BCUT2D eigenvalue weighted by molar-refractivity contribution is -0.140. The topological polar surface area (TPSA) is 66.8 Å². The monoisotopic (exact) mass is 465 g/mol. The van der Waals surface area contributed by atoms with E-state index in [1.165, 1.54) is 21.6 Å². The van der Waals surface area contributed by atoms with Gasteiger partial charge in [-0.15, -0.1) is 0 Å². The summed E-state index contributed by atoms with van der Waals surface area (Å²) in [6.45, 7) is 9.68. The molecule has 5 nitrogen and oxygen atoms in total. The number of nitrogens with zero attached hydrogens (tertiary/aromatic N) is 1. The molecular weight excluding hydrogens is 426 g/mol. The molecule has 1 N–H and O–H groups in total. The zero-order valence-corrected chi connectivity index (χ0v) is 21.0. The van der Waals surface area contributed by atoms with Crippen LogP contribution in [0.3, 0.4) is 0 Å². The summed E-state index contributed by atoms with van der Waals surface area (Å²) in [4.78, 5) is 27.8. The molecule has 0 radical (unpaired) electrons. The number of ether oxygens (including phenoxy) is 1. The van der Waals surface area contributed by atoms with E-state index in [9.17, 15) is 14.7 Å². The standard InChI is InChI=1S/C29H39NO4/c1-5-7-19(15-20-8-11-21(31)12-9-20)10-13-25-26-22(18(3)4)16-23-27(24(26)17-34-25)29(33)30(14-6-2)28(23)32/h8-9,11-12,15,18,23-25,27,31H,5-7,10,13-14,16-17H2,1-4H3/b19-15+/t23-,24+,25-,27-/m1/s1. The minimum atomic E-state index is -0.246. The Morgan fingerprint density at radius 1 is 1.09 bits per heavy atom. The summed E-state index contributed by atoms with van der Waals surface area (Å²) < 4.78 is 6.36. The van der Waals surface area contributed by atoms with Crippen molar-refractivity contribution >= 4 is 17.9 Å². The highest BCUT2D eigenvalue weighted by molar-refractivity contribution is 6.05. The van der Waals surface area contributed by atoms with Crippen LogP contribution in [-0.2, 0) is 14.3 Å². The minimum Gasteiger partial charge on any atom is -0.508 e. The first-order valence-corrected chi connectivity index (χ1v) is 13.0. The first-order chi connectivity index (χ1) is 16.3. The van der Waals surface area contributed by atoms with Gasteiger partial charge >= 0.3 is 0 Å². The quantitative estimate of drug-likeness (QED) is 0.373. The van der Waals surface area contributed by atoms with Gasteiger partial charge < -0.3 is 9.84 Å². The maximum atomic E-state index is 13.2. The van der Waals surface area contributed by atoms with Gasteiger partial charge in [0.25, 0.3) is 0 Å². The van der Waals surface area contributed by atoms with Gasteiger partial charge in [0.1, 0.15) is 5.75 Å². The Hall–Kier alpha value is -2.40. The fourth-order valence-electron chi connectivity index (χ4n) is 6.18. The number of aromatic hydroxyl groups is 1. The number of rotatable bonds is 9. The summed E-state index contributed by atoms with van der Waals surface area (Å²) in [5, 5.41) is 9.58. The number of carbonyl (C=O) groups is 2. The van der Waals surface area contributed by atoms with Crippen LogP contribution in [0.25, 0.3) is 6.08 Å². The van der Waals surface area contributed by atoms with Crippen LogP contribution in [0.15, 0.2) is 41.0 Å². The third-order valence-corrected chi connectivity index (χ3v) is 7.74. The van der Waals surface area contributed by atoms with Crippen molar-refractivity contribution in [3.8, 4) is 5.75 Å². The SMILES string of the molecule is CCC/C(=C\c1ccc(O)cc1)CC[C@H]1OC[C@H]2C1=C(C(C)C)C[C@H]1C(=O)N(CCC)C(=O)[C@H]12. The van der Waals surface area contributed by atoms with Gasteiger partial charge in [-0.3, -0.25) is 14.5 Å². The van der Waals surface area contributed by atoms with Crippen molar-refractivity contribution in [2.75, 3.05) is 13.2 Å². The normalized spacial score (nSPS) is 27.1. The molecule has 184 valence electrons. The number of carbonyl (C=O) groups excluding carboxylic acids is 2. The zero-order chi connectivity index (χ0) is 24.4. The molecule has 4 rings (SSSR count). The molecule has 0 aromatic heterocycles. The van der Waals surface area contributed by atoms with Crippen molar-refractivity contribution in [3.63, 3.8) is 0 Å². The summed E-state index contributed by atoms with van der Waals surface area (Å²) in [5.41, 5.74) is 5.13. The number of amides is 2. The molecule has 2 heterocycles. The van der Waals surface area contributed by atoms with E-state index in [-0.39, 0.29) is 41.4 Å². The van der Waals surface area contributed by atoms with Crippen LogP contribution in [0.4, 0.5) is 0 Å². The molecule has 2 saturated heterocycles. The maximum Gasteiger partial charge on any atom is 0.233 e. The van der Waals surface area contributed by atoms with E-state index in [1.54, 1.807) is 12.1 Å². The average molecular weight is 466 g/mol. The fourth-order valence-corrected chi connectivity index (χ4v) is 6.18. The van der Waals surface area contributed by atoms with Crippen molar-refractivity contribution in [2.45, 2.75) is 72.3 Å². The van der Waals surface area contributed by atoms with E-state index in [0.29, 0.717) is 25.5 Å². The summed E-state index contributed by atoms with van der Waals surface area (Å²) >= 11 is 0. The van der Waals surface area contributed by atoms with Crippen LogP contribution < -0.4 is 0 Å². The lowest BCUT2D eigenvalue weighted by Gasteiger charge is -2.33. The Morgan fingerprint density at radius 2 is 1.82 bits per heavy atom. The first kappa shape index (κ1) is 24.7. The Balaban J connectivity index is 1.56. The van der Waals surface area contributed by atoms with Crippen molar-refractivity contribution in [1.29, 1.82) is 0 Å². The molecule has 1 aromatic carbocycles. The van der Waals surface area contributed by atoms with E-state index >= 15 is 0 Å². The average Bonchev–Trinajstić information content (AvgIpc) is 3.33. The lowest BCUT2D eigenvalue weighted by Crippen LogP contribution is -2.35. The van der Waals surface area contributed by atoms with Crippen molar-refractivity contribution in [2.24, 2.45) is 23.7 Å². The Morgan fingerprint density at radius 3 is 2.47 bits per heavy atom. The van der Waals surface area contributed by atoms with Gasteiger partial charge in [-0.05, 0) is 61.3 Å². The van der Waals surface area contributed by atoms with Gasteiger partial charge in [-0.1, -0.05) is 63.5 Å². The van der Waals surface area contributed by atoms with E-state index in [4.69, 9.17) is 4.74 Å². The number of hydrogen-bond donors (Lipinski definition) is 1. The van der Waals surface area contributed by atoms with E-state index < -0.39 is 0 Å². The van der Waals surface area contributed by atoms with Gasteiger partial charge in [0.2, 0.25) is 11.8 Å². The van der Waals surface area contributed by atoms with Crippen LogP contribution in [-0.4, -0.2) is 41.1 Å². The number of hydrogen-bond acceptors (Lipinski definition) is 4. The third kappa shape index (κ3) is 4.72. The van der Waals surface area contributed by atoms with Gasteiger partial charge in [-0.25, -0.2) is 0 Å². The minimum absolute atomic E-state index is 0.0188. The van der Waals surface area contributed by atoms with Crippen LogP contribution in [0, 0.1) is 23.7 Å². The summed E-state index contributed by atoms with van der Waals surface area (Å²) in [6.07, 6.45) is 7.67. The van der Waals surface area contributed by atoms with Crippen LogP contribution in [0.5, 0.6) is 5.75 Å². The van der Waals surface area contributed by atoms with Crippen molar-refractivity contribution in [3.05, 3.63) is 46.5 Å². The van der Waals surface area contributed by atoms with E-state index in [0.717, 1.165) is 37.7 Å². The first-order valence-electron chi connectivity index (χ1n) is 13.0. The lowest BCUT2D eigenvalue weighted by atomic mass is 9.67. The van der Waals surface area contributed by atoms with Gasteiger partial charge in [0.15, 0.2) is 0 Å². The molecule has 34 heavy (non-hydrogen) atoms. The number of benzene rings is 1. The van der Waals surface area contributed by atoms with Gasteiger partial charge in [0, 0.05) is 12.5 Å². The smallest absolute Gasteiger partial charge is 0.233 e. The van der Waals surface area contributed by atoms with E-state index in [2.05, 4.69) is 26.8 Å². The predicted octanol–water partition coefficient (Wildman–Crippen LogP) is 5.74. The number of phenolic OH excluding ortho intramolecular Hbond substituents is 1. The maximum absolute atomic E-state index is 13.2. The molecule has 0 bridgehead atoms. The number of imide groups is 1. The largest absolute Gasteiger partial charge is 0.508 e. The Kier molecular flexibility index (Phi) is 7.61. The Bertz CT molecular complexity index is 974. The van der Waals surface area contributed by atoms with Gasteiger partial charge in [-0.2, -0.15) is 0 Å². The molecule has 2 amide bonds.